The third-order valence-electron chi connectivity index (χ3n) is 4.80. The number of nitrogens with one attached hydrogen (secondary N) is 2. The van der Waals surface area contributed by atoms with E-state index in [0.717, 1.165) is 11.1 Å². The summed E-state index contributed by atoms with van der Waals surface area (Å²) >= 11 is 7.64. The Labute approximate surface area is 203 Å². The minimum atomic E-state index is -0.731. The molecule has 0 saturated carbocycles. The lowest BCUT2D eigenvalue weighted by Gasteiger charge is -2.20. The van der Waals surface area contributed by atoms with Crippen molar-refractivity contribution in [1.82, 2.24) is 15.3 Å². The Balaban J connectivity index is 1.71. The highest BCUT2D eigenvalue weighted by Crippen LogP contribution is 2.22. The van der Waals surface area contributed by atoms with Gasteiger partial charge in [0.05, 0.1) is 11.2 Å². The molecule has 0 unspecified atom stereocenters. The van der Waals surface area contributed by atoms with E-state index < -0.39 is 11.9 Å². The lowest BCUT2D eigenvalue weighted by atomic mass is 10.0. The van der Waals surface area contributed by atoms with E-state index in [1.54, 1.807) is 0 Å². The average Bonchev–Trinajstić information content (AvgIpc) is 2.80. The standard InChI is InChI=1S/C25H27ClN4O2S/c1-16(2)13-21(23(31)28-19-11-9-17(3)10-12-19)29-24(32)22-20(26)14-27-25(30-22)33-15-18-7-5-4-6-8-18/h4-12,14,16,21H,13,15H2,1-3H3,(H,28,31)(H,29,32)/t21-/m0/s1. The average molecular weight is 483 g/mol. The molecule has 0 aliphatic carbocycles. The summed E-state index contributed by atoms with van der Waals surface area (Å²) in [6.45, 7) is 5.97. The molecule has 0 radical (unpaired) electrons. The highest BCUT2D eigenvalue weighted by molar-refractivity contribution is 7.98. The second-order valence-electron chi connectivity index (χ2n) is 8.13. The van der Waals surface area contributed by atoms with Crippen molar-refractivity contribution in [3.63, 3.8) is 0 Å². The number of benzene rings is 2. The Morgan fingerprint density at radius 3 is 2.42 bits per heavy atom. The molecule has 0 spiro atoms. The second kappa shape index (κ2) is 11.8. The van der Waals surface area contributed by atoms with Crippen LogP contribution < -0.4 is 10.6 Å². The van der Waals surface area contributed by atoms with Crippen LogP contribution >= 0.6 is 23.4 Å². The number of carbonyl (C=O) groups excluding carboxylic acids is 2. The summed E-state index contributed by atoms with van der Waals surface area (Å²) in [6, 6.07) is 16.7. The van der Waals surface area contributed by atoms with Crippen LogP contribution in [-0.2, 0) is 10.5 Å². The van der Waals surface area contributed by atoms with Gasteiger partial charge in [0.2, 0.25) is 5.91 Å². The van der Waals surface area contributed by atoms with Crippen LogP contribution in [0.2, 0.25) is 5.02 Å². The van der Waals surface area contributed by atoms with Crippen LogP contribution in [0.25, 0.3) is 0 Å². The van der Waals surface area contributed by atoms with Crippen molar-refractivity contribution < 1.29 is 9.59 Å². The predicted molar refractivity (Wildman–Crippen MR) is 134 cm³/mol. The highest BCUT2D eigenvalue weighted by atomic mass is 35.5. The Bertz CT molecular complexity index is 1090. The van der Waals surface area contributed by atoms with E-state index in [1.807, 2.05) is 75.4 Å². The highest BCUT2D eigenvalue weighted by Gasteiger charge is 2.25. The number of nitrogens with zero attached hydrogens (tertiary/aromatic N) is 2. The van der Waals surface area contributed by atoms with Gasteiger partial charge in [-0.1, -0.05) is 85.2 Å². The topological polar surface area (TPSA) is 84.0 Å². The SMILES string of the molecule is Cc1ccc(NC(=O)[C@H](CC(C)C)NC(=O)c2nc(SCc3ccccc3)ncc2Cl)cc1. The fourth-order valence-corrected chi connectivity index (χ4v) is 4.05. The van der Waals surface area contributed by atoms with Gasteiger partial charge in [-0.15, -0.1) is 0 Å². The van der Waals surface area contributed by atoms with Crippen LogP contribution in [0.4, 0.5) is 5.69 Å². The van der Waals surface area contributed by atoms with Crippen molar-refractivity contribution in [2.45, 2.75) is 44.1 Å². The molecule has 3 rings (SSSR count). The third kappa shape index (κ3) is 7.58. The number of amides is 2. The molecule has 1 aromatic heterocycles. The molecule has 3 aromatic rings. The van der Waals surface area contributed by atoms with Crippen LogP contribution in [0, 0.1) is 12.8 Å². The maximum absolute atomic E-state index is 13.0. The van der Waals surface area contributed by atoms with Gasteiger partial charge in [0.1, 0.15) is 6.04 Å². The van der Waals surface area contributed by atoms with Crippen molar-refractivity contribution in [3.8, 4) is 0 Å². The maximum Gasteiger partial charge on any atom is 0.272 e. The van der Waals surface area contributed by atoms with Crippen molar-refractivity contribution >= 4 is 40.9 Å². The van der Waals surface area contributed by atoms with Gasteiger partial charge >= 0.3 is 0 Å². The van der Waals surface area contributed by atoms with Gasteiger partial charge in [0, 0.05) is 11.4 Å². The summed E-state index contributed by atoms with van der Waals surface area (Å²) < 4.78 is 0. The van der Waals surface area contributed by atoms with Gasteiger partial charge in [-0.25, -0.2) is 9.97 Å². The zero-order valence-corrected chi connectivity index (χ0v) is 20.4. The number of rotatable bonds is 9. The van der Waals surface area contributed by atoms with E-state index in [0.29, 0.717) is 23.0 Å². The molecule has 172 valence electrons. The molecule has 0 fully saturated rings. The van der Waals surface area contributed by atoms with Crippen LogP contribution in [0.5, 0.6) is 0 Å². The number of aromatic nitrogens is 2. The molecule has 0 saturated heterocycles. The first kappa shape index (κ1) is 24.7. The minimum absolute atomic E-state index is 0.0547. The summed E-state index contributed by atoms with van der Waals surface area (Å²) in [5.41, 5.74) is 2.95. The number of aryl methyl sites for hydroxylation is 1. The van der Waals surface area contributed by atoms with Gasteiger partial charge in [0.25, 0.3) is 5.91 Å². The third-order valence-corrected chi connectivity index (χ3v) is 6.01. The molecule has 2 aromatic carbocycles. The largest absolute Gasteiger partial charge is 0.339 e. The Morgan fingerprint density at radius 2 is 1.76 bits per heavy atom. The van der Waals surface area contributed by atoms with E-state index in [9.17, 15) is 9.59 Å². The normalized spacial score (nSPS) is 11.8. The molecule has 2 amide bonds. The minimum Gasteiger partial charge on any atom is -0.339 e. The first-order valence-corrected chi connectivity index (χ1v) is 12.1. The van der Waals surface area contributed by atoms with Crippen molar-refractivity contribution in [2.75, 3.05) is 5.32 Å². The molecular formula is C25H27ClN4O2S. The van der Waals surface area contributed by atoms with E-state index in [2.05, 4.69) is 20.6 Å². The molecule has 0 bridgehead atoms. The zero-order valence-electron chi connectivity index (χ0n) is 18.8. The van der Waals surface area contributed by atoms with Crippen LogP contribution in [0.15, 0.2) is 66.0 Å². The molecule has 33 heavy (non-hydrogen) atoms. The molecular weight excluding hydrogens is 456 g/mol. The molecule has 1 heterocycles. The molecule has 2 N–H and O–H groups in total. The van der Waals surface area contributed by atoms with Crippen molar-refractivity contribution in [2.24, 2.45) is 5.92 Å². The van der Waals surface area contributed by atoms with Gasteiger partial charge in [-0.2, -0.15) is 0 Å². The van der Waals surface area contributed by atoms with Gasteiger partial charge in [-0.3, -0.25) is 9.59 Å². The maximum atomic E-state index is 13.0. The van der Waals surface area contributed by atoms with Crippen molar-refractivity contribution in [3.05, 3.63) is 82.6 Å². The Kier molecular flexibility index (Phi) is 8.86. The van der Waals surface area contributed by atoms with Gasteiger partial charge in [0.15, 0.2) is 10.9 Å². The summed E-state index contributed by atoms with van der Waals surface area (Å²) in [5, 5.41) is 6.26. The molecule has 0 aliphatic heterocycles. The number of thioether (sulfide) groups is 1. The van der Waals surface area contributed by atoms with Crippen LogP contribution in [0.3, 0.4) is 0 Å². The van der Waals surface area contributed by atoms with Crippen LogP contribution in [-0.4, -0.2) is 27.8 Å². The lowest BCUT2D eigenvalue weighted by Crippen LogP contribution is -2.45. The van der Waals surface area contributed by atoms with Crippen LogP contribution in [0.1, 0.15) is 41.9 Å². The monoisotopic (exact) mass is 482 g/mol. The molecule has 6 nitrogen and oxygen atoms in total. The smallest absolute Gasteiger partial charge is 0.272 e. The summed E-state index contributed by atoms with van der Waals surface area (Å²) in [4.78, 5) is 34.5. The fourth-order valence-electron chi connectivity index (χ4n) is 3.10. The number of halogens is 1. The number of hydrogen-bond donors (Lipinski definition) is 2. The summed E-state index contributed by atoms with van der Waals surface area (Å²) in [7, 11) is 0. The van der Waals surface area contributed by atoms with Gasteiger partial charge < -0.3 is 10.6 Å². The summed E-state index contributed by atoms with van der Waals surface area (Å²) in [6.07, 6.45) is 1.89. The second-order valence-corrected chi connectivity index (χ2v) is 9.48. The molecule has 0 aliphatic rings. The fraction of sp³-hybridized carbons (Fsp3) is 0.280. The first-order chi connectivity index (χ1) is 15.8. The predicted octanol–water partition coefficient (Wildman–Crippen LogP) is 5.51. The van der Waals surface area contributed by atoms with E-state index in [4.69, 9.17) is 11.6 Å². The van der Waals surface area contributed by atoms with E-state index in [-0.39, 0.29) is 22.5 Å². The Morgan fingerprint density at radius 1 is 1.06 bits per heavy atom. The van der Waals surface area contributed by atoms with E-state index >= 15 is 0 Å². The quantitative estimate of drug-likeness (QED) is 0.310. The number of carbonyl (C=O) groups is 2. The van der Waals surface area contributed by atoms with Crippen molar-refractivity contribution in [1.29, 1.82) is 0 Å². The zero-order chi connectivity index (χ0) is 23.8. The lowest BCUT2D eigenvalue weighted by molar-refractivity contribution is -0.118. The van der Waals surface area contributed by atoms with Gasteiger partial charge in [-0.05, 0) is 37.0 Å². The number of hydrogen-bond acceptors (Lipinski definition) is 5. The molecule has 8 heteroatoms. The first-order valence-electron chi connectivity index (χ1n) is 10.7. The van der Waals surface area contributed by atoms with E-state index in [1.165, 1.54) is 18.0 Å². The Hall–Kier alpha value is -2.90. The summed E-state index contributed by atoms with van der Waals surface area (Å²) in [5.74, 6) is 0.0636. The molecule has 1 atom stereocenters. The number of anilines is 1.